The molecule has 1 rings (SSSR count). The van der Waals surface area contributed by atoms with Crippen molar-refractivity contribution in [3.8, 4) is 0 Å². The third-order valence-electron chi connectivity index (χ3n) is 3.43. The normalized spacial score (nSPS) is 13.4. The Bertz CT molecular complexity index is 348. The van der Waals surface area contributed by atoms with Crippen molar-refractivity contribution in [1.82, 2.24) is 5.32 Å². The van der Waals surface area contributed by atoms with Crippen LogP contribution in [0.15, 0.2) is 24.3 Å². The SMILES string of the molecule is CCNC(CN(C)c1ccc(C)cc1)C(C)(C)C. The number of anilines is 1. The van der Waals surface area contributed by atoms with Gasteiger partial charge in [0, 0.05) is 25.3 Å². The standard InChI is InChI=1S/C16H28N2/c1-7-17-15(16(3,4)5)12-18(6)14-10-8-13(2)9-11-14/h8-11,15,17H,7,12H2,1-6H3. The molecule has 18 heavy (non-hydrogen) atoms. The quantitative estimate of drug-likeness (QED) is 0.858. The van der Waals surface area contributed by atoms with Gasteiger partial charge >= 0.3 is 0 Å². The van der Waals surface area contributed by atoms with E-state index in [2.05, 4.69) is 76.1 Å². The van der Waals surface area contributed by atoms with E-state index in [1.54, 1.807) is 0 Å². The molecule has 0 aromatic heterocycles. The van der Waals surface area contributed by atoms with Gasteiger partial charge in [-0.3, -0.25) is 0 Å². The Morgan fingerprint density at radius 1 is 1.17 bits per heavy atom. The molecule has 102 valence electrons. The fraction of sp³-hybridized carbons (Fsp3) is 0.625. The first-order chi connectivity index (χ1) is 8.34. The maximum Gasteiger partial charge on any atom is 0.0364 e. The van der Waals surface area contributed by atoms with Crippen molar-refractivity contribution in [3.63, 3.8) is 0 Å². The van der Waals surface area contributed by atoms with Crippen LogP contribution in [0, 0.1) is 12.3 Å². The van der Waals surface area contributed by atoms with Gasteiger partial charge in [0.1, 0.15) is 0 Å². The maximum absolute atomic E-state index is 3.59. The summed E-state index contributed by atoms with van der Waals surface area (Å²) in [5, 5.41) is 3.59. The minimum Gasteiger partial charge on any atom is -0.373 e. The molecule has 1 unspecified atom stereocenters. The van der Waals surface area contributed by atoms with Crippen molar-refractivity contribution in [1.29, 1.82) is 0 Å². The predicted octanol–water partition coefficient (Wildman–Crippen LogP) is 3.46. The lowest BCUT2D eigenvalue weighted by Crippen LogP contribution is -2.47. The molecular weight excluding hydrogens is 220 g/mol. The number of benzene rings is 1. The summed E-state index contributed by atoms with van der Waals surface area (Å²) in [6.45, 7) is 13.2. The van der Waals surface area contributed by atoms with Crippen LogP contribution in [0.5, 0.6) is 0 Å². The van der Waals surface area contributed by atoms with Gasteiger partial charge in [-0.05, 0) is 31.0 Å². The lowest BCUT2D eigenvalue weighted by atomic mass is 9.86. The first kappa shape index (κ1) is 15.0. The second-order valence-corrected chi connectivity index (χ2v) is 6.19. The fourth-order valence-electron chi connectivity index (χ4n) is 2.07. The van der Waals surface area contributed by atoms with Crippen LogP contribution in [0.25, 0.3) is 0 Å². The molecule has 0 aliphatic heterocycles. The average molecular weight is 248 g/mol. The minimum absolute atomic E-state index is 0.273. The number of hydrogen-bond donors (Lipinski definition) is 1. The first-order valence-electron chi connectivity index (χ1n) is 6.85. The van der Waals surface area contributed by atoms with Gasteiger partial charge in [-0.25, -0.2) is 0 Å². The minimum atomic E-state index is 0.273. The number of hydrogen-bond acceptors (Lipinski definition) is 2. The lowest BCUT2D eigenvalue weighted by molar-refractivity contribution is 0.275. The molecule has 0 saturated carbocycles. The summed E-state index contributed by atoms with van der Waals surface area (Å²) in [5.41, 5.74) is 2.87. The molecule has 2 heteroatoms. The molecule has 0 bridgehead atoms. The van der Waals surface area contributed by atoms with E-state index in [-0.39, 0.29) is 5.41 Å². The Hall–Kier alpha value is -1.02. The summed E-state index contributed by atoms with van der Waals surface area (Å²) in [6.07, 6.45) is 0. The molecule has 0 spiro atoms. The van der Waals surface area contributed by atoms with Crippen molar-refractivity contribution in [2.75, 3.05) is 25.0 Å². The van der Waals surface area contributed by atoms with E-state index < -0.39 is 0 Å². The summed E-state index contributed by atoms with van der Waals surface area (Å²) >= 11 is 0. The van der Waals surface area contributed by atoms with Gasteiger partial charge in [-0.15, -0.1) is 0 Å². The Morgan fingerprint density at radius 3 is 2.17 bits per heavy atom. The number of likely N-dealkylation sites (N-methyl/N-ethyl adjacent to an activating group) is 2. The Labute approximate surface area is 112 Å². The van der Waals surface area contributed by atoms with Gasteiger partial charge in [0.25, 0.3) is 0 Å². The summed E-state index contributed by atoms with van der Waals surface area (Å²) in [7, 11) is 2.17. The van der Waals surface area contributed by atoms with Crippen LogP contribution in [-0.4, -0.2) is 26.2 Å². The van der Waals surface area contributed by atoms with E-state index in [9.17, 15) is 0 Å². The molecule has 1 aromatic rings. The first-order valence-corrected chi connectivity index (χ1v) is 6.85. The predicted molar refractivity (Wildman–Crippen MR) is 81.4 cm³/mol. The van der Waals surface area contributed by atoms with Gasteiger partial charge in [0.05, 0.1) is 0 Å². The van der Waals surface area contributed by atoms with E-state index in [4.69, 9.17) is 0 Å². The summed E-state index contributed by atoms with van der Waals surface area (Å²) in [5.74, 6) is 0. The highest BCUT2D eigenvalue weighted by molar-refractivity contribution is 5.46. The smallest absolute Gasteiger partial charge is 0.0364 e. The van der Waals surface area contributed by atoms with Crippen LogP contribution in [0.3, 0.4) is 0 Å². The molecule has 1 N–H and O–H groups in total. The third-order valence-corrected chi connectivity index (χ3v) is 3.43. The van der Waals surface area contributed by atoms with E-state index >= 15 is 0 Å². The van der Waals surface area contributed by atoms with Gasteiger partial charge in [-0.1, -0.05) is 45.4 Å². The van der Waals surface area contributed by atoms with Crippen molar-refractivity contribution in [2.45, 2.75) is 40.7 Å². The van der Waals surface area contributed by atoms with Gasteiger partial charge in [0.15, 0.2) is 0 Å². The van der Waals surface area contributed by atoms with Crippen LogP contribution in [0.4, 0.5) is 5.69 Å². The Morgan fingerprint density at radius 2 is 1.72 bits per heavy atom. The monoisotopic (exact) mass is 248 g/mol. The van der Waals surface area contributed by atoms with E-state index in [1.807, 2.05) is 0 Å². The van der Waals surface area contributed by atoms with Gasteiger partial charge in [0.2, 0.25) is 0 Å². The number of rotatable bonds is 5. The second-order valence-electron chi connectivity index (χ2n) is 6.19. The van der Waals surface area contributed by atoms with Gasteiger partial charge in [-0.2, -0.15) is 0 Å². The summed E-state index contributed by atoms with van der Waals surface area (Å²) in [6, 6.07) is 9.23. The van der Waals surface area contributed by atoms with Crippen LogP contribution >= 0.6 is 0 Å². The summed E-state index contributed by atoms with van der Waals surface area (Å²) < 4.78 is 0. The Kier molecular flexibility index (Phi) is 5.21. The lowest BCUT2D eigenvalue weighted by Gasteiger charge is -2.35. The molecule has 0 amide bonds. The fourth-order valence-corrected chi connectivity index (χ4v) is 2.07. The number of aryl methyl sites for hydroxylation is 1. The molecule has 0 heterocycles. The van der Waals surface area contributed by atoms with Crippen molar-refractivity contribution in [3.05, 3.63) is 29.8 Å². The molecule has 0 aliphatic rings. The van der Waals surface area contributed by atoms with E-state index in [1.165, 1.54) is 11.3 Å². The largest absolute Gasteiger partial charge is 0.373 e. The highest BCUT2D eigenvalue weighted by atomic mass is 15.1. The van der Waals surface area contributed by atoms with E-state index in [0.29, 0.717) is 6.04 Å². The highest BCUT2D eigenvalue weighted by Crippen LogP contribution is 2.22. The summed E-state index contributed by atoms with van der Waals surface area (Å²) in [4.78, 5) is 2.33. The van der Waals surface area contributed by atoms with Crippen molar-refractivity contribution >= 4 is 5.69 Å². The molecule has 1 atom stereocenters. The zero-order valence-corrected chi connectivity index (χ0v) is 12.7. The Balaban J connectivity index is 2.72. The second kappa shape index (κ2) is 6.24. The third kappa shape index (κ3) is 4.34. The van der Waals surface area contributed by atoms with Crippen molar-refractivity contribution < 1.29 is 0 Å². The zero-order valence-electron chi connectivity index (χ0n) is 12.7. The maximum atomic E-state index is 3.59. The molecule has 0 aliphatic carbocycles. The van der Waals surface area contributed by atoms with Crippen LogP contribution in [0.1, 0.15) is 33.3 Å². The van der Waals surface area contributed by atoms with E-state index in [0.717, 1.165) is 13.1 Å². The average Bonchev–Trinajstić information content (AvgIpc) is 2.28. The molecular formula is C16H28N2. The molecule has 0 radical (unpaired) electrons. The van der Waals surface area contributed by atoms with Crippen LogP contribution in [0.2, 0.25) is 0 Å². The van der Waals surface area contributed by atoms with Crippen molar-refractivity contribution in [2.24, 2.45) is 5.41 Å². The molecule has 2 nitrogen and oxygen atoms in total. The topological polar surface area (TPSA) is 15.3 Å². The number of nitrogens with one attached hydrogen (secondary N) is 1. The van der Waals surface area contributed by atoms with Gasteiger partial charge < -0.3 is 10.2 Å². The molecule has 0 saturated heterocycles. The van der Waals surface area contributed by atoms with Crippen LogP contribution < -0.4 is 10.2 Å². The molecule has 0 fully saturated rings. The highest BCUT2D eigenvalue weighted by Gasteiger charge is 2.24. The number of nitrogens with zero attached hydrogens (tertiary/aromatic N) is 1. The van der Waals surface area contributed by atoms with Crippen LogP contribution in [-0.2, 0) is 0 Å². The zero-order chi connectivity index (χ0) is 13.8. The molecule has 1 aromatic carbocycles.